The van der Waals surface area contributed by atoms with Gasteiger partial charge in [0.05, 0.1) is 0 Å². The number of amides is 1. The lowest BCUT2D eigenvalue weighted by molar-refractivity contribution is -0.137. The quantitative estimate of drug-likeness (QED) is 0.795. The topological polar surface area (TPSA) is 66.4 Å². The molecule has 17 heavy (non-hydrogen) atoms. The molecule has 4 heteroatoms. The molecule has 0 unspecified atom stereocenters. The number of aryl methyl sites for hydroxylation is 1. The van der Waals surface area contributed by atoms with Crippen molar-refractivity contribution in [3.05, 3.63) is 29.8 Å². The normalized spacial score (nSPS) is 9.94. The van der Waals surface area contributed by atoms with E-state index in [1.165, 1.54) is 0 Å². The lowest BCUT2D eigenvalue weighted by atomic mass is 10.1. The number of carbonyl (C=O) groups excluding carboxylic acids is 1. The van der Waals surface area contributed by atoms with E-state index in [-0.39, 0.29) is 12.3 Å². The summed E-state index contributed by atoms with van der Waals surface area (Å²) in [5, 5.41) is 11.4. The Morgan fingerprint density at radius 1 is 1.29 bits per heavy atom. The average molecular weight is 235 g/mol. The first-order chi connectivity index (χ1) is 8.11. The molecule has 0 aromatic heterocycles. The van der Waals surface area contributed by atoms with E-state index in [9.17, 15) is 9.59 Å². The third kappa shape index (κ3) is 5.15. The molecule has 92 valence electrons. The molecule has 0 saturated carbocycles. The van der Waals surface area contributed by atoms with Gasteiger partial charge in [-0.25, -0.2) is 0 Å². The van der Waals surface area contributed by atoms with E-state index < -0.39 is 5.97 Å². The first-order valence-electron chi connectivity index (χ1n) is 5.72. The third-order valence-electron chi connectivity index (χ3n) is 2.32. The summed E-state index contributed by atoms with van der Waals surface area (Å²) >= 11 is 0. The van der Waals surface area contributed by atoms with Gasteiger partial charge in [0.2, 0.25) is 5.91 Å². The molecule has 0 spiro atoms. The lowest BCUT2D eigenvalue weighted by Gasteiger charge is -2.06. The molecule has 0 heterocycles. The van der Waals surface area contributed by atoms with Gasteiger partial charge in [-0.2, -0.15) is 0 Å². The molecule has 0 saturated heterocycles. The number of carboxylic acid groups (broad SMARTS) is 1. The highest BCUT2D eigenvalue weighted by molar-refractivity contribution is 5.90. The van der Waals surface area contributed by atoms with E-state index in [0.29, 0.717) is 12.8 Å². The van der Waals surface area contributed by atoms with Gasteiger partial charge in [-0.05, 0) is 30.5 Å². The first-order valence-corrected chi connectivity index (χ1v) is 5.72. The van der Waals surface area contributed by atoms with Crippen molar-refractivity contribution < 1.29 is 14.7 Å². The Kier molecular flexibility index (Phi) is 5.20. The summed E-state index contributed by atoms with van der Waals surface area (Å²) < 4.78 is 0. The van der Waals surface area contributed by atoms with Crippen LogP contribution in [0.5, 0.6) is 0 Å². The van der Waals surface area contributed by atoms with Gasteiger partial charge < -0.3 is 10.4 Å². The molecule has 0 fully saturated rings. The third-order valence-corrected chi connectivity index (χ3v) is 2.32. The Morgan fingerprint density at radius 2 is 2.06 bits per heavy atom. The van der Waals surface area contributed by atoms with Gasteiger partial charge in [-0.15, -0.1) is 0 Å². The number of carboxylic acids is 1. The van der Waals surface area contributed by atoms with Crippen LogP contribution in [0, 0.1) is 0 Å². The van der Waals surface area contributed by atoms with Gasteiger partial charge in [0.1, 0.15) is 0 Å². The number of hydrogen-bond donors (Lipinski definition) is 2. The van der Waals surface area contributed by atoms with Crippen molar-refractivity contribution in [1.82, 2.24) is 0 Å². The zero-order chi connectivity index (χ0) is 12.7. The summed E-state index contributed by atoms with van der Waals surface area (Å²) in [6, 6.07) is 7.30. The van der Waals surface area contributed by atoms with Crippen molar-refractivity contribution in [2.75, 3.05) is 5.32 Å². The minimum atomic E-state index is -0.814. The predicted octanol–water partition coefficient (Wildman–Crippen LogP) is 2.44. The van der Waals surface area contributed by atoms with Crippen molar-refractivity contribution in [2.45, 2.75) is 32.6 Å². The summed E-state index contributed by atoms with van der Waals surface area (Å²) in [4.78, 5) is 21.8. The van der Waals surface area contributed by atoms with Crippen molar-refractivity contribution in [3.63, 3.8) is 0 Å². The van der Waals surface area contributed by atoms with E-state index in [0.717, 1.165) is 17.7 Å². The molecule has 0 atom stereocenters. The maximum Gasteiger partial charge on any atom is 0.303 e. The van der Waals surface area contributed by atoms with Crippen molar-refractivity contribution in [1.29, 1.82) is 0 Å². The molecular weight excluding hydrogens is 218 g/mol. The van der Waals surface area contributed by atoms with E-state index in [1.54, 1.807) is 6.07 Å². The van der Waals surface area contributed by atoms with Gasteiger partial charge >= 0.3 is 5.97 Å². The van der Waals surface area contributed by atoms with Crippen LogP contribution in [0.1, 0.15) is 31.7 Å². The number of hydrogen-bond acceptors (Lipinski definition) is 2. The SMILES string of the molecule is CCCC(=O)Nc1cccc(CCC(=O)O)c1. The second-order valence-corrected chi connectivity index (χ2v) is 3.89. The summed E-state index contributed by atoms with van der Waals surface area (Å²) in [5.74, 6) is -0.826. The summed E-state index contributed by atoms with van der Waals surface area (Å²) in [6.45, 7) is 1.95. The van der Waals surface area contributed by atoms with Crippen LogP contribution in [0.25, 0.3) is 0 Å². The second-order valence-electron chi connectivity index (χ2n) is 3.89. The fourth-order valence-electron chi connectivity index (χ4n) is 1.51. The maximum atomic E-state index is 11.4. The monoisotopic (exact) mass is 235 g/mol. The molecule has 0 bridgehead atoms. The number of nitrogens with one attached hydrogen (secondary N) is 1. The van der Waals surface area contributed by atoms with Crippen LogP contribution >= 0.6 is 0 Å². The van der Waals surface area contributed by atoms with Gasteiger partial charge in [-0.1, -0.05) is 19.1 Å². The Hall–Kier alpha value is -1.84. The van der Waals surface area contributed by atoms with Gasteiger partial charge in [-0.3, -0.25) is 9.59 Å². The smallest absolute Gasteiger partial charge is 0.303 e. The lowest BCUT2D eigenvalue weighted by Crippen LogP contribution is -2.10. The van der Waals surface area contributed by atoms with Crippen LogP contribution in [0.4, 0.5) is 5.69 Å². The Bertz CT molecular complexity index is 401. The van der Waals surface area contributed by atoms with Crippen LogP contribution < -0.4 is 5.32 Å². The molecule has 4 nitrogen and oxygen atoms in total. The molecule has 0 aliphatic rings. The van der Waals surface area contributed by atoms with Crippen LogP contribution in [0.3, 0.4) is 0 Å². The van der Waals surface area contributed by atoms with Gasteiger partial charge in [0.15, 0.2) is 0 Å². The highest BCUT2D eigenvalue weighted by Crippen LogP contribution is 2.12. The molecule has 1 amide bonds. The summed E-state index contributed by atoms with van der Waals surface area (Å²) in [6.07, 6.45) is 1.89. The van der Waals surface area contributed by atoms with Crippen molar-refractivity contribution >= 4 is 17.6 Å². The second kappa shape index (κ2) is 6.68. The minimum absolute atomic E-state index is 0.0112. The fraction of sp³-hybridized carbons (Fsp3) is 0.385. The Labute approximate surface area is 101 Å². The van der Waals surface area contributed by atoms with E-state index in [2.05, 4.69) is 5.32 Å². The zero-order valence-electron chi connectivity index (χ0n) is 9.90. The van der Waals surface area contributed by atoms with Crippen molar-refractivity contribution in [3.8, 4) is 0 Å². The van der Waals surface area contributed by atoms with Crippen LogP contribution in [-0.2, 0) is 16.0 Å². The van der Waals surface area contributed by atoms with E-state index in [1.807, 2.05) is 25.1 Å². The number of aliphatic carboxylic acids is 1. The van der Waals surface area contributed by atoms with Crippen molar-refractivity contribution in [2.24, 2.45) is 0 Å². The molecule has 1 rings (SSSR count). The van der Waals surface area contributed by atoms with Crippen LogP contribution in [0.15, 0.2) is 24.3 Å². The number of rotatable bonds is 6. The molecule has 0 aliphatic heterocycles. The molecule has 1 aromatic rings. The highest BCUT2D eigenvalue weighted by atomic mass is 16.4. The predicted molar refractivity (Wildman–Crippen MR) is 65.9 cm³/mol. The largest absolute Gasteiger partial charge is 0.481 e. The number of benzene rings is 1. The molecule has 1 aromatic carbocycles. The average Bonchev–Trinajstić information content (AvgIpc) is 2.27. The summed E-state index contributed by atoms with van der Waals surface area (Å²) in [5.41, 5.74) is 1.65. The first kappa shape index (κ1) is 13.2. The Morgan fingerprint density at radius 3 is 2.71 bits per heavy atom. The van der Waals surface area contributed by atoms with Gasteiger partial charge in [0.25, 0.3) is 0 Å². The van der Waals surface area contributed by atoms with Crippen LogP contribution in [0.2, 0.25) is 0 Å². The van der Waals surface area contributed by atoms with Crippen LogP contribution in [-0.4, -0.2) is 17.0 Å². The molecule has 2 N–H and O–H groups in total. The number of carbonyl (C=O) groups is 2. The Balaban J connectivity index is 2.59. The summed E-state index contributed by atoms with van der Waals surface area (Å²) in [7, 11) is 0. The van der Waals surface area contributed by atoms with E-state index >= 15 is 0 Å². The number of anilines is 1. The molecule has 0 aliphatic carbocycles. The molecular formula is C13H17NO3. The maximum absolute atomic E-state index is 11.4. The van der Waals surface area contributed by atoms with E-state index in [4.69, 9.17) is 5.11 Å². The zero-order valence-corrected chi connectivity index (χ0v) is 9.90. The fourth-order valence-corrected chi connectivity index (χ4v) is 1.51. The minimum Gasteiger partial charge on any atom is -0.481 e. The highest BCUT2D eigenvalue weighted by Gasteiger charge is 2.03. The van der Waals surface area contributed by atoms with Gasteiger partial charge in [0, 0.05) is 18.5 Å². The molecule has 0 radical (unpaired) electrons. The standard InChI is InChI=1S/C13H17NO3/c1-2-4-12(15)14-11-6-3-5-10(9-11)7-8-13(16)17/h3,5-6,9H,2,4,7-8H2,1H3,(H,14,15)(H,16,17).